The van der Waals surface area contributed by atoms with Crippen LogP contribution in [0.2, 0.25) is 0 Å². The highest BCUT2D eigenvalue weighted by atomic mass is 35.9. The van der Waals surface area contributed by atoms with Crippen LogP contribution in [0, 0.1) is 0 Å². The maximum atomic E-state index is 6.19. The monoisotopic (exact) mass is 620 g/mol. The third-order valence-electron chi connectivity index (χ3n) is 7.24. The second kappa shape index (κ2) is 10.8. The van der Waals surface area contributed by atoms with Gasteiger partial charge in [0.2, 0.25) is 0 Å². The molecular weight excluding hydrogens is 596 g/mol. The highest BCUT2D eigenvalue weighted by Gasteiger charge is 2.38. The number of ether oxygens (including phenoxy) is 2. The fraction of sp³-hybridized carbons (Fsp3) is 0.200. The van der Waals surface area contributed by atoms with Crippen LogP contribution in [0.3, 0.4) is 0 Å². The van der Waals surface area contributed by atoms with E-state index in [0.717, 1.165) is 44.7 Å². The average Bonchev–Trinajstić information content (AvgIpc) is 2.88. The molecule has 196 valence electrons. The van der Waals surface area contributed by atoms with Gasteiger partial charge in [0.1, 0.15) is 36.3 Å². The Balaban J connectivity index is 0.000000162. The van der Waals surface area contributed by atoms with E-state index in [4.69, 9.17) is 54.4 Å². The Morgan fingerprint density at radius 1 is 0.474 bits per heavy atom. The predicted molar refractivity (Wildman–Crippen MR) is 167 cm³/mol. The standard InChI is InChI=1S/C15H12Cl4OP2.C15H14O/c1-15(2)9-5-3-7-11(21(16)17)13(9)20-14-10(15)6-4-8-12(14)22(18)19;1-15(2)11-7-3-5-9-13(11)16-14-10-6-4-8-12(14)15/h3-8H,1-2H3;3-10H,1-2H3. The number of para-hydroxylation sites is 4. The fourth-order valence-electron chi connectivity index (χ4n) is 5.17. The molecular formula is C30H26Cl4O2P2. The molecule has 2 aliphatic heterocycles. The van der Waals surface area contributed by atoms with Crippen LogP contribution in [0.5, 0.6) is 23.0 Å². The molecule has 0 spiro atoms. The molecule has 0 amide bonds. The van der Waals surface area contributed by atoms with E-state index in [0.29, 0.717) is 0 Å². The summed E-state index contributed by atoms with van der Waals surface area (Å²) in [5.41, 5.74) is 4.43. The lowest BCUT2D eigenvalue weighted by atomic mass is 9.76. The van der Waals surface area contributed by atoms with Gasteiger partial charge in [-0.2, -0.15) is 0 Å². The van der Waals surface area contributed by atoms with E-state index in [1.807, 2.05) is 60.7 Å². The maximum Gasteiger partial charge on any atom is 0.141 e. The first kappa shape index (κ1) is 28.0. The van der Waals surface area contributed by atoms with Crippen molar-refractivity contribution in [3.05, 3.63) is 107 Å². The topological polar surface area (TPSA) is 18.5 Å². The van der Waals surface area contributed by atoms with Gasteiger partial charge in [-0.3, -0.25) is 0 Å². The third-order valence-corrected chi connectivity index (χ3v) is 10.9. The van der Waals surface area contributed by atoms with Gasteiger partial charge < -0.3 is 9.47 Å². The third kappa shape index (κ3) is 4.94. The summed E-state index contributed by atoms with van der Waals surface area (Å²) in [6.07, 6.45) is 0. The first-order valence-corrected chi connectivity index (χ1v) is 18.4. The lowest BCUT2D eigenvalue weighted by Crippen LogP contribution is -2.29. The number of hydrogen-bond donors (Lipinski definition) is 0. The summed E-state index contributed by atoms with van der Waals surface area (Å²) in [7, 11) is 0. The molecule has 4 aromatic carbocycles. The van der Waals surface area contributed by atoms with E-state index in [2.05, 4.69) is 52.0 Å². The molecule has 8 heteroatoms. The SMILES string of the molecule is CC1(C)c2cccc(P(Cl)Cl)c2Oc2c(P(Cl)Cl)cccc21.CC1(C)c2ccccc2Oc2ccccc21. The molecule has 0 N–H and O–H groups in total. The van der Waals surface area contributed by atoms with Crippen molar-refractivity contribution in [1.82, 2.24) is 0 Å². The van der Waals surface area contributed by atoms with Crippen molar-refractivity contribution >= 4 is 68.8 Å². The van der Waals surface area contributed by atoms with Gasteiger partial charge in [-0.1, -0.05) is 133 Å². The van der Waals surface area contributed by atoms with Crippen molar-refractivity contribution in [2.45, 2.75) is 38.5 Å². The Labute approximate surface area is 245 Å². The number of benzene rings is 4. The highest BCUT2D eigenvalue weighted by Crippen LogP contribution is 2.56. The number of hydrogen-bond acceptors (Lipinski definition) is 2. The normalized spacial score (nSPS) is 15.6. The Bertz CT molecular complexity index is 1390. The van der Waals surface area contributed by atoms with Crippen LogP contribution in [0.25, 0.3) is 0 Å². The van der Waals surface area contributed by atoms with Gasteiger partial charge in [-0.25, -0.2) is 0 Å². The molecule has 0 aromatic heterocycles. The zero-order valence-electron chi connectivity index (χ0n) is 21.3. The van der Waals surface area contributed by atoms with Crippen molar-refractivity contribution in [3.63, 3.8) is 0 Å². The first-order chi connectivity index (χ1) is 18.0. The molecule has 0 saturated heterocycles. The van der Waals surface area contributed by atoms with Crippen molar-refractivity contribution in [2.24, 2.45) is 0 Å². The second-order valence-electron chi connectivity index (χ2n) is 10.2. The van der Waals surface area contributed by atoms with Crippen LogP contribution in [-0.4, -0.2) is 0 Å². The smallest absolute Gasteiger partial charge is 0.141 e. The summed E-state index contributed by atoms with van der Waals surface area (Å²) < 4.78 is 12.1. The number of rotatable bonds is 2. The van der Waals surface area contributed by atoms with Crippen LogP contribution in [-0.2, 0) is 10.8 Å². The molecule has 38 heavy (non-hydrogen) atoms. The van der Waals surface area contributed by atoms with E-state index in [1.165, 1.54) is 11.1 Å². The summed E-state index contributed by atoms with van der Waals surface area (Å²) in [6.45, 7) is 6.17. The average molecular weight is 622 g/mol. The van der Waals surface area contributed by atoms with Crippen LogP contribution < -0.4 is 20.1 Å². The Hall–Kier alpha value is -1.50. The molecule has 0 atom stereocenters. The highest BCUT2D eigenvalue weighted by molar-refractivity contribution is 8.09. The minimum atomic E-state index is -1.31. The molecule has 0 radical (unpaired) electrons. The van der Waals surface area contributed by atoms with Crippen molar-refractivity contribution < 1.29 is 9.47 Å². The Kier molecular flexibility index (Phi) is 7.98. The maximum absolute atomic E-state index is 6.19. The zero-order chi connectivity index (χ0) is 27.2. The summed E-state index contributed by atoms with van der Waals surface area (Å²) in [5, 5.41) is 1.63. The number of halogens is 4. The van der Waals surface area contributed by atoms with Crippen LogP contribution >= 0.6 is 58.2 Å². The zero-order valence-corrected chi connectivity index (χ0v) is 26.1. The molecule has 0 unspecified atom stereocenters. The lowest BCUT2D eigenvalue weighted by Gasteiger charge is -2.36. The molecule has 2 aliphatic rings. The summed E-state index contributed by atoms with van der Waals surface area (Å²) in [4.78, 5) is 0. The molecule has 6 rings (SSSR count). The molecule has 0 saturated carbocycles. The van der Waals surface area contributed by atoms with Crippen LogP contribution in [0.15, 0.2) is 84.9 Å². The first-order valence-electron chi connectivity index (χ1n) is 12.1. The van der Waals surface area contributed by atoms with E-state index < -0.39 is 13.3 Å². The van der Waals surface area contributed by atoms with Gasteiger partial charge in [0, 0.05) is 43.7 Å². The molecule has 0 aliphatic carbocycles. The summed E-state index contributed by atoms with van der Waals surface area (Å²) in [6, 6.07) is 28.3. The molecule has 4 aromatic rings. The summed E-state index contributed by atoms with van der Waals surface area (Å²) >= 11 is 24.7. The van der Waals surface area contributed by atoms with Gasteiger partial charge in [-0.15, -0.1) is 0 Å². The number of fused-ring (bicyclic) bond motifs is 4. The largest absolute Gasteiger partial charge is 0.457 e. The van der Waals surface area contributed by atoms with Crippen LogP contribution in [0.4, 0.5) is 0 Å². The minimum absolute atomic E-state index is 0.0193. The molecule has 2 nitrogen and oxygen atoms in total. The minimum Gasteiger partial charge on any atom is -0.457 e. The quantitative estimate of drug-likeness (QED) is 0.207. The van der Waals surface area contributed by atoms with Crippen molar-refractivity contribution in [1.29, 1.82) is 0 Å². The van der Waals surface area contributed by atoms with Gasteiger partial charge in [0.15, 0.2) is 0 Å². The van der Waals surface area contributed by atoms with Crippen LogP contribution in [0.1, 0.15) is 49.9 Å². The van der Waals surface area contributed by atoms with Crippen molar-refractivity contribution in [2.75, 3.05) is 0 Å². The van der Waals surface area contributed by atoms with Gasteiger partial charge in [0.25, 0.3) is 0 Å². The second-order valence-corrected chi connectivity index (χ2v) is 17.2. The van der Waals surface area contributed by atoms with Gasteiger partial charge >= 0.3 is 0 Å². The Morgan fingerprint density at radius 3 is 1.26 bits per heavy atom. The lowest BCUT2D eigenvalue weighted by molar-refractivity contribution is 0.418. The molecule has 2 heterocycles. The predicted octanol–water partition coefficient (Wildman–Crippen LogP) is 11.1. The Morgan fingerprint density at radius 2 is 0.842 bits per heavy atom. The van der Waals surface area contributed by atoms with E-state index >= 15 is 0 Å². The van der Waals surface area contributed by atoms with Crippen molar-refractivity contribution in [3.8, 4) is 23.0 Å². The molecule has 0 bridgehead atoms. The van der Waals surface area contributed by atoms with E-state index in [-0.39, 0.29) is 10.8 Å². The van der Waals surface area contributed by atoms with E-state index in [1.54, 1.807) is 0 Å². The van der Waals surface area contributed by atoms with Gasteiger partial charge in [-0.05, 0) is 24.3 Å². The van der Waals surface area contributed by atoms with Gasteiger partial charge in [0.05, 0.1) is 0 Å². The molecule has 0 fully saturated rings. The summed E-state index contributed by atoms with van der Waals surface area (Å²) in [5.74, 6) is 3.42. The fourth-order valence-corrected chi connectivity index (χ4v) is 7.80. The van der Waals surface area contributed by atoms with E-state index in [9.17, 15) is 0 Å².